The van der Waals surface area contributed by atoms with E-state index >= 15 is 0 Å². The normalized spacial score (nSPS) is 12.1. The van der Waals surface area contributed by atoms with E-state index in [0.717, 1.165) is 64.6 Å². The van der Waals surface area contributed by atoms with Crippen molar-refractivity contribution < 1.29 is 14.3 Å². The van der Waals surface area contributed by atoms with Gasteiger partial charge in [-0.05, 0) is 64.6 Å². The van der Waals surface area contributed by atoms with E-state index in [4.69, 9.17) is 4.74 Å². The van der Waals surface area contributed by atoms with Gasteiger partial charge in [0.05, 0.1) is 0 Å². The van der Waals surface area contributed by atoms with Crippen LogP contribution < -0.4 is 5.32 Å². The number of amides is 1. The lowest BCUT2D eigenvalue weighted by Crippen LogP contribution is -2.31. The van der Waals surface area contributed by atoms with Crippen molar-refractivity contribution in [2.24, 2.45) is 0 Å². The molecular formula is C32H64N2O3. The molecule has 0 fully saturated rings. The van der Waals surface area contributed by atoms with Crippen LogP contribution in [-0.4, -0.2) is 49.1 Å². The van der Waals surface area contributed by atoms with Crippen molar-refractivity contribution in [3.8, 4) is 0 Å². The smallest absolute Gasteiger partial charge is 0.306 e. The Morgan fingerprint density at radius 2 is 1.14 bits per heavy atom. The Morgan fingerprint density at radius 3 is 1.76 bits per heavy atom. The average molecular weight is 525 g/mol. The van der Waals surface area contributed by atoms with Crippen LogP contribution in [0.25, 0.3) is 0 Å². The van der Waals surface area contributed by atoms with Crippen molar-refractivity contribution in [2.45, 2.75) is 169 Å². The largest absolute Gasteiger partial charge is 0.462 e. The van der Waals surface area contributed by atoms with E-state index in [2.05, 4.69) is 31.0 Å². The van der Waals surface area contributed by atoms with E-state index in [9.17, 15) is 9.59 Å². The van der Waals surface area contributed by atoms with Crippen molar-refractivity contribution in [1.82, 2.24) is 10.2 Å². The lowest BCUT2D eigenvalue weighted by molar-refractivity contribution is -0.150. The van der Waals surface area contributed by atoms with E-state index < -0.39 is 0 Å². The highest BCUT2D eigenvalue weighted by Gasteiger charge is 2.13. The first kappa shape index (κ1) is 35.9. The van der Waals surface area contributed by atoms with Crippen LogP contribution in [0, 0.1) is 0 Å². The maximum atomic E-state index is 12.3. The molecule has 1 N–H and O–H groups in total. The lowest BCUT2D eigenvalue weighted by Gasteiger charge is -2.22. The number of unbranched alkanes of at least 4 members (excludes halogenated alkanes) is 12. The summed E-state index contributed by atoms with van der Waals surface area (Å²) in [5.74, 6) is 0.164. The lowest BCUT2D eigenvalue weighted by atomic mass is 10.1. The van der Waals surface area contributed by atoms with Crippen molar-refractivity contribution in [3.63, 3.8) is 0 Å². The quantitative estimate of drug-likeness (QED) is 0.0822. The van der Waals surface area contributed by atoms with Crippen molar-refractivity contribution in [3.05, 3.63) is 0 Å². The van der Waals surface area contributed by atoms with Gasteiger partial charge in [-0.25, -0.2) is 0 Å². The number of hydrogen-bond acceptors (Lipinski definition) is 4. The van der Waals surface area contributed by atoms with E-state index in [0.29, 0.717) is 12.8 Å². The fourth-order valence-corrected chi connectivity index (χ4v) is 4.80. The number of rotatable bonds is 28. The minimum Gasteiger partial charge on any atom is -0.462 e. The summed E-state index contributed by atoms with van der Waals surface area (Å²) in [6.07, 6.45) is 24.0. The Bertz CT molecular complexity index is 512. The van der Waals surface area contributed by atoms with Gasteiger partial charge in [0, 0.05) is 19.4 Å². The zero-order chi connectivity index (χ0) is 27.4. The minimum absolute atomic E-state index is 0.0119. The minimum atomic E-state index is 0.0119. The molecule has 0 bridgehead atoms. The van der Waals surface area contributed by atoms with E-state index in [1.807, 2.05) is 6.92 Å². The first-order valence-electron chi connectivity index (χ1n) is 16.3. The van der Waals surface area contributed by atoms with Crippen molar-refractivity contribution in [2.75, 3.05) is 26.2 Å². The second kappa shape index (κ2) is 27.9. The van der Waals surface area contributed by atoms with Gasteiger partial charge in [-0.1, -0.05) is 105 Å². The second-order valence-electron chi connectivity index (χ2n) is 10.9. The molecular weight excluding hydrogens is 460 g/mol. The van der Waals surface area contributed by atoms with Crippen LogP contribution in [0.4, 0.5) is 0 Å². The summed E-state index contributed by atoms with van der Waals surface area (Å²) in [6, 6.07) is 0. The maximum absolute atomic E-state index is 12.3. The second-order valence-corrected chi connectivity index (χ2v) is 10.9. The molecule has 0 aromatic rings. The molecule has 0 spiro atoms. The highest BCUT2D eigenvalue weighted by molar-refractivity contribution is 5.75. The van der Waals surface area contributed by atoms with Gasteiger partial charge in [0.1, 0.15) is 6.10 Å². The number of carbonyl (C=O) groups is 2. The third-order valence-corrected chi connectivity index (χ3v) is 7.28. The van der Waals surface area contributed by atoms with Gasteiger partial charge in [-0.15, -0.1) is 0 Å². The molecule has 220 valence electrons. The molecule has 0 saturated carbocycles. The third kappa shape index (κ3) is 25.0. The Hall–Kier alpha value is -1.10. The molecule has 5 heteroatoms. The van der Waals surface area contributed by atoms with Crippen LogP contribution in [0.2, 0.25) is 0 Å². The molecule has 0 aromatic carbocycles. The average Bonchev–Trinajstić information content (AvgIpc) is 2.90. The molecule has 0 aromatic heterocycles. The Kier molecular flexibility index (Phi) is 27.1. The fourth-order valence-electron chi connectivity index (χ4n) is 4.80. The Morgan fingerprint density at radius 1 is 0.622 bits per heavy atom. The van der Waals surface area contributed by atoms with Gasteiger partial charge in [0.15, 0.2) is 0 Å². The van der Waals surface area contributed by atoms with Crippen molar-refractivity contribution >= 4 is 11.9 Å². The van der Waals surface area contributed by atoms with Crippen LogP contribution in [-0.2, 0) is 14.3 Å². The SMILES string of the molecule is CCCCCCCCN(CCCCCCCC(=O)OC(CCCC)CCCCC)CCCNC(=O)CC. The van der Waals surface area contributed by atoms with Crippen LogP contribution in [0.3, 0.4) is 0 Å². The summed E-state index contributed by atoms with van der Waals surface area (Å²) < 4.78 is 5.82. The summed E-state index contributed by atoms with van der Waals surface area (Å²) in [7, 11) is 0. The molecule has 0 aliphatic heterocycles. The molecule has 37 heavy (non-hydrogen) atoms. The predicted octanol–water partition coefficient (Wildman–Crippen LogP) is 8.59. The van der Waals surface area contributed by atoms with E-state index in [1.165, 1.54) is 83.6 Å². The zero-order valence-electron chi connectivity index (χ0n) is 25.4. The number of ether oxygens (including phenoxy) is 1. The molecule has 1 atom stereocenters. The van der Waals surface area contributed by atoms with Gasteiger partial charge in [-0.2, -0.15) is 0 Å². The van der Waals surface area contributed by atoms with Crippen molar-refractivity contribution in [1.29, 1.82) is 0 Å². The number of nitrogens with zero attached hydrogens (tertiary/aromatic N) is 1. The Balaban J connectivity index is 4.09. The number of hydrogen-bond donors (Lipinski definition) is 1. The van der Waals surface area contributed by atoms with Gasteiger partial charge >= 0.3 is 5.97 Å². The zero-order valence-corrected chi connectivity index (χ0v) is 25.4. The third-order valence-electron chi connectivity index (χ3n) is 7.28. The summed E-state index contributed by atoms with van der Waals surface area (Å²) in [4.78, 5) is 26.4. The molecule has 1 unspecified atom stereocenters. The molecule has 0 aliphatic rings. The summed E-state index contributed by atoms with van der Waals surface area (Å²) in [6.45, 7) is 12.8. The van der Waals surface area contributed by atoms with Crippen LogP contribution in [0.15, 0.2) is 0 Å². The number of esters is 1. The predicted molar refractivity (Wildman–Crippen MR) is 159 cm³/mol. The topological polar surface area (TPSA) is 58.6 Å². The van der Waals surface area contributed by atoms with Gasteiger partial charge in [-0.3, -0.25) is 9.59 Å². The molecule has 5 nitrogen and oxygen atoms in total. The fraction of sp³-hybridized carbons (Fsp3) is 0.938. The molecule has 0 rings (SSSR count). The molecule has 0 saturated heterocycles. The van der Waals surface area contributed by atoms with Crippen LogP contribution >= 0.6 is 0 Å². The van der Waals surface area contributed by atoms with Gasteiger partial charge in [0.25, 0.3) is 0 Å². The Labute approximate surface area is 231 Å². The molecule has 0 aliphatic carbocycles. The summed E-state index contributed by atoms with van der Waals surface area (Å²) in [5, 5.41) is 3.01. The van der Waals surface area contributed by atoms with Crippen LogP contribution in [0.5, 0.6) is 0 Å². The van der Waals surface area contributed by atoms with Gasteiger partial charge in [0.2, 0.25) is 5.91 Å². The maximum Gasteiger partial charge on any atom is 0.306 e. The standard InChI is InChI=1S/C32H64N2O3/c1-5-9-12-13-16-20-27-34(29-22-26-33-31(35)8-4)28-21-17-14-15-19-25-32(36)37-30(23-11-7-3)24-18-10-6-2/h30H,5-29H2,1-4H3,(H,33,35). The number of carbonyl (C=O) groups excluding carboxylic acids is 2. The first-order valence-corrected chi connectivity index (χ1v) is 16.3. The highest BCUT2D eigenvalue weighted by Crippen LogP contribution is 2.16. The molecule has 0 radical (unpaired) electrons. The molecule has 0 heterocycles. The summed E-state index contributed by atoms with van der Waals surface area (Å²) >= 11 is 0. The van der Waals surface area contributed by atoms with E-state index in [-0.39, 0.29) is 18.0 Å². The first-order chi connectivity index (χ1) is 18.1. The van der Waals surface area contributed by atoms with Crippen LogP contribution in [0.1, 0.15) is 163 Å². The van der Waals surface area contributed by atoms with E-state index in [1.54, 1.807) is 0 Å². The monoisotopic (exact) mass is 524 g/mol. The molecule has 1 amide bonds. The number of nitrogens with one attached hydrogen (secondary N) is 1. The highest BCUT2D eigenvalue weighted by atomic mass is 16.5. The van der Waals surface area contributed by atoms with Gasteiger partial charge < -0.3 is 15.0 Å². The summed E-state index contributed by atoms with van der Waals surface area (Å²) in [5.41, 5.74) is 0.